The zero-order chi connectivity index (χ0) is 19.4. The minimum atomic E-state index is -1.46. The number of halogens is 1. The van der Waals surface area contributed by atoms with Crippen molar-refractivity contribution >= 4 is 34.7 Å². The molecule has 140 valence electrons. The number of nitrogens with two attached hydrogens (primary N) is 2. The molecular weight excluding hydrogens is 382 g/mol. The van der Waals surface area contributed by atoms with E-state index in [0.717, 1.165) is 23.1 Å². The molecule has 0 aliphatic rings. The monoisotopic (exact) mass is 401 g/mol. The van der Waals surface area contributed by atoms with Gasteiger partial charge in [0.25, 0.3) is 0 Å². The molecule has 6 nitrogen and oxygen atoms in total. The lowest BCUT2D eigenvalue weighted by molar-refractivity contribution is 0.596. The van der Waals surface area contributed by atoms with Crippen molar-refractivity contribution in [2.24, 2.45) is 5.14 Å². The predicted molar refractivity (Wildman–Crippen MR) is 111 cm³/mol. The second-order valence-corrected chi connectivity index (χ2v) is 7.50. The number of aryl methyl sites for hydroxylation is 1. The fourth-order valence-corrected chi connectivity index (χ4v) is 3.29. The van der Waals surface area contributed by atoms with Crippen molar-refractivity contribution in [1.29, 1.82) is 0 Å². The smallest absolute Gasteiger partial charge is 0.222 e. The molecule has 2 aromatic carbocycles. The van der Waals surface area contributed by atoms with Gasteiger partial charge in [0.05, 0.1) is 22.1 Å². The minimum Gasteiger partial charge on any atom is -0.593 e. The third-order valence-electron chi connectivity index (χ3n) is 4.09. The lowest BCUT2D eigenvalue weighted by atomic mass is 10.1. The number of benzene rings is 2. The van der Waals surface area contributed by atoms with Gasteiger partial charge in [0.2, 0.25) is 5.95 Å². The van der Waals surface area contributed by atoms with Crippen LogP contribution < -0.4 is 16.2 Å². The number of hydrogen-bond acceptors (Lipinski definition) is 6. The van der Waals surface area contributed by atoms with Crippen LogP contribution in [0, 0.1) is 6.92 Å². The van der Waals surface area contributed by atoms with Crippen LogP contribution in [0.25, 0.3) is 11.3 Å². The Morgan fingerprint density at radius 2 is 1.89 bits per heavy atom. The number of hydrogen-bond donors (Lipinski definition) is 3. The van der Waals surface area contributed by atoms with Gasteiger partial charge in [-0.3, -0.25) is 0 Å². The summed E-state index contributed by atoms with van der Waals surface area (Å²) in [6, 6.07) is 15.0. The number of nitrogens with one attached hydrogen (secondary N) is 1. The second kappa shape index (κ2) is 8.58. The summed E-state index contributed by atoms with van der Waals surface area (Å²) in [6.45, 7) is 2.60. The molecule has 5 N–H and O–H groups in total. The van der Waals surface area contributed by atoms with Crippen LogP contribution in [0.15, 0.2) is 53.4 Å². The first kappa shape index (κ1) is 19.4. The van der Waals surface area contributed by atoms with Crippen LogP contribution >= 0.6 is 11.6 Å². The molecule has 0 amide bonds. The van der Waals surface area contributed by atoms with Crippen LogP contribution in [0.3, 0.4) is 0 Å². The second-order valence-electron chi connectivity index (χ2n) is 6.05. The Hall–Kier alpha value is -2.32. The molecule has 0 saturated heterocycles. The fraction of sp³-hybridized carbons (Fsp3) is 0.158. The highest BCUT2D eigenvalue weighted by atomic mass is 35.5. The molecule has 0 bridgehead atoms. The third-order valence-corrected chi connectivity index (χ3v) is 5.33. The van der Waals surface area contributed by atoms with E-state index in [0.29, 0.717) is 28.0 Å². The first-order valence-electron chi connectivity index (χ1n) is 8.33. The SMILES string of the molecule is Cc1cccc(-c2cc(NCCc3ccc([S@+](N)[O-])cc3)nc(N)n2)c1Cl. The van der Waals surface area contributed by atoms with Crippen LogP contribution in [0.1, 0.15) is 11.1 Å². The Morgan fingerprint density at radius 3 is 2.59 bits per heavy atom. The highest BCUT2D eigenvalue weighted by Crippen LogP contribution is 2.30. The van der Waals surface area contributed by atoms with E-state index in [1.54, 1.807) is 12.1 Å². The maximum atomic E-state index is 11.2. The van der Waals surface area contributed by atoms with Crippen molar-refractivity contribution in [3.63, 3.8) is 0 Å². The van der Waals surface area contributed by atoms with Gasteiger partial charge in [0.15, 0.2) is 4.90 Å². The van der Waals surface area contributed by atoms with Crippen molar-refractivity contribution in [3.05, 3.63) is 64.7 Å². The Bertz CT molecular complexity index is 934. The molecule has 0 unspecified atom stereocenters. The Balaban J connectivity index is 1.70. The molecule has 0 fully saturated rings. The van der Waals surface area contributed by atoms with E-state index in [1.165, 1.54) is 0 Å². The topological polar surface area (TPSA) is 113 Å². The van der Waals surface area contributed by atoms with Gasteiger partial charge in [-0.05, 0) is 36.6 Å². The molecule has 27 heavy (non-hydrogen) atoms. The summed E-state index contributed by atoms with van der Waals surface area (Å²) in [5.41, 5.74) is 9.43. The average Bonchev–Trinajstić information content (AvgIpc) is 2.64. The minimum absolute atomic E-state index is 0.183. The highest BCUT2D eigenvalue weighted by molar-refractivity contribution is 7.89. The first-order chi connectivity index (χ1) is 12.9. The van der Waals surface area contributed by atoms with Crippen LogP contribution in [0.4, 0.5) is 11.8 Å². The summed E-state index contributed by atoms with van der Waals surface area (Å²) in [7, 11) is 0. The van der Waals surface area contributed by atoms with Crippen molar-refractivity contribution in [2.45, 2.75) is 18.2 Å². The number of anilines is 2. The molecule has 8 heteroatoms. The van der Waals surface area contributed by atoms with Gasteiger partial charge in [0, 0.05) is 18.2 Å². The molecule has 0 radical (unpaired) electrons. The molecule has 0 spiro atoms. The molecule has 1 heterocycles. The molecule has 3 aromatic rings. The van der Waals surface area contributed by atoms with E-state index >= 15 is 0 Å². The molecular formula is C19H20ClN5OS. The number of nitrogen functional groups attached to an aromatic ring is 1. The predicted octanol–water partition coefficient (Wildman–Crippen LogP) is 3.32. The number of aromatic nitrogens is 2. The molecule has 3 rings (SSSR count). The number of rotatable bonds is 6. The van der Waals surface area contributed by atoms with Crippen molar-refractivity contribution in [2.75, 3.05) is 17.6 Å². The summed E-state index contributed by atoms with van der Waals surface area (Å²) in [5.74, 6) is 0.817. The zero-order valence-corrected chi connectivity index (χ0v) is 16.3. The Labute approximate surface area is 166 Å². The summed E-state index contributed by atoms with van der Waals surface area (Å²) < 4.78 is 11.2. The summed E-state index contributed by atoms with van der Waals surface area (Å²) in [5, 5.41) is 9.27. The summed E-state index contributed by atoms with van der Waals surface area (Å²) in [6.07, 6.45) is 0.766. The van der Waals surface area contributed by atoms with Crippen molar-refractivity contribution in [3.8, 4) is 11.3 Å². The largest absolute Gasteiger partial charge is 0.593 e. The normalized spacial score (nSPS) is 12.0. The van der Waals surface area contributed by atoms with Crippen LogP contribution in [-0.4, -0.2) is 21.1 Å². The van der Waals surface area contributed by atoms with Gasteiger partial charge in [0.1, 0.15) is 5.82 Å². The highest BCUT2D eigenvalue weighted by Gasteiger charge is 2.10. The molecule has 0 aliphatic heterocycles. The van der Waals surface area contributed by atoms with E-state index in [2.05, 4.69) is 15.3 Å². The fourth-order valence-electron chi connectivity index (χ4n) is 2.66. The first-order valence-corrected chi connectivity index (χ1v) is 9.92. The van der Waals surface area contributed by atoms with Gasteiger partial charge in [-0.2, -0.15) is 4.98 Å². The lowest BCUT2D eigenvalue weighted by Crippen LogP contribution is -2.12. The van der Waals surface area contributed by atoms with Crippen LogP contribution in [0.2, 0.25) is 5.02 Å². The van der Waals surface area contributed by atoms with E-state index < -0.39 is 11.4 Å². The standard InChI is InChI=1S/C19H20ClN5OS/c1-12-3-2-4-15(18(12)20)16-11-17(25-19(21)24-16)23-10-9-13-5-7-14(8-6-13)27(22)26/h2-8,11H,9-10,22H2,1H3,(H3,21,23,24,25)/t27-/m1/s1. The van der Waals surface area contributed by atoms with Crippen molar-refractivity contribution in [1.82, 2.24) is 9.97 Å². The zero-order valence-electron chi connectivity index (χ0n) is 14.8. The lowest BCUT2D eigenvalue weighted by Gasteiger charge is -2.11. The van der Waals surface area contributed by atoms with Crippen LogP contribution in [0.5, 0.6) is 0 Å². The Morgan fingerprint density at radius 1 is 1.15 bits per heavy atom. The summed E-state index contributed by atoms with van der Waals surface area (Å²) in [4.78, 5) is 9.14. The summed E-state index contributed by atoms with van der Waals surface area (Å²) >= 11 is 4.94. The molecule has 1 atom stereocenters. The van der Waals surface area contributed by atoms with Gasteiger partial charge in [-0.15, -0.1) is 5.14 Å². The van der Waals surface area contributed by atoms with Gasteiger partial charge in [-0.25, -0.2) is 4.98 Å². The maximum Gasteiger partial charge on any atom is 0.222 e. The van der Waals surface area contributed by atoms with Gasteiger partial charge >= 0.3 is 0 Å². The average molecular weight is 402 g/mol. The van der Waals surface area contributed by atoms with Crippen LogP contribution in [-0.2, 0) is 17.8 Å². The van der Waals surface area contributed by atoms with Gasteiger partial charge < -0.3 is 15.6 Å². The van der Waals surface area contributed by atoms with E-state index in [1.807, 2.05) is 43.3 Å². The van der Waals surface area contributed by atoms with Gasteiger partial charge in [-0.1, -0.05) is 41.9 Å². The quantitative estimate of drug-likeness (QED) is 0.546. The van der Waals surface area contributed by atoms with Crippen molar-refractivity contribution < 1.29 is 4.55 Å². The number of nitrogens with zero attached hydrogens (tertiary/aromatic N) is 2. The Kier molecular flexibility index (Phi) is 6.18. The molecule has 1 aromatic heterocycles. The van der Waals surface area contributed by atoms with E-state index in [9.17, 15) is 4.55 Å². The molecule has 0 saturated carbocycles. The molecule has 0 aliphatic carbocycles. The third kappa shape index (κ3) is 4.90. The van der Waals surface area contributed by atoms with E-state index in [4.69, 9.17) is 22.5 Å². The van der Waals surface area contributed by atoms with E-state index in [-0.39, 0.29) is 5.95 Å². The maximum absolute atomic E-state index is 11.2.